The van der Waals surface area contributed by atoms with E-state index in [4.69, 9.17) is 6.42 Å². The highest BCUT2D eigenvalue weighted by Crippen LogP contribution is 2.37. The summed E-state index contributed by atoms with van der Waals surface area (Å²) in [5.41, 5.74) is 0.237. The summed E-state index contributed by atoms with van der Waals surface area (Å²) < 4.78 is 3.93. The van der Waals surface area contributed by atoms with Gasteiger partial charge in [-0.05, 0) is 12.8 Å². The average Bonchev–Trinajstić information content (AvgIpc) is 3.13. The summed E-state index contributed by atoms with van der Waals surface area (Å²) in [5.74, 6) is 4.46. The second kappa shape index (κ2) is 7.31. The van der Waals surface area contributed by atoms with Crippen molar-refractivity contribution in [3.8, 4) is 12.3 Å². The Kier molecular flexibility index (Phi) is 4.71. The summed E-state index contributed by atoms with van der Waals surface area (Å²) in [6.07, 6.45) is 14.3. The monoisotopic (exact) mass is 366 g/mol. The molecule has 0 saturated carbocycles. The second-order valence-corrected chi connectivity index (χ2v) is 7.00. The van der Waals surface area contributed by atoms with Gasteiger partial charge in [-0.25, -0.2) is 0 Å². The third-order valence-corrected chi connectivity index (χ3v) is 4.96. The van der Waals surface area contributed by atoms with Crippen molar-refractivity contribution in [3.63, 3.8) is 0 Å². The molecule has 1 N–H and O–H groups in total. The molecule has 27 heavy (non-hydrogen) atoms. The Hall–Kier alpha value is -3.02. The van der Waals surface area contributed by atoms with E-state index in [1.165, 1.54) is 6.42 Å². The Morgan fingerprint density at radius 1 is 1.30 bits per heavy atom. The minimum Gasteiger partial charge on any atom is -0.323 e. The summed E-state index contributed by atoms with van der Waals surface area (Å²) >= 11 is 0. The van der Waals surface area contributed by atoms with Crippen LogP contribution < -0.4 is 5.32 Å². The van der Waals surface area contributed by atoms with E-state index in [1.54, 1.807) is 10.9 Å². The van der Waals surface area contributed by atoms with Gasteiger partial charge in [-0.15, -0.1) is 22.5 Å². The van der Waals surface area contributed by atoms with E-state index in [9.17, 15) is 4.79 Å². The first-order valence-electron chi connectivity index (χ1n) is 9.28. The van der Waals surface area contributed by atoms with E-state index in [1.807, 2.05) is 6.20 Å². The summed E-state index contributed by atoms with van der Waals surface area (Å²) in [4.78, 5) is 12.2. The summed E-state index contributed by atoms with van der Waals surface area (Å²) in [7, 11) is 0. The SMILES string of the molecule is C#CCCC1(CCC(=O)Nc2cnn(Cc3nnc4n3CCCC4)c2)N=N1. The fourth-order valence-corrected chi connectivity index (χ4v) is 3.35. The van der Waals surface area contributed by atoms with Gasteiger partial charge in [0.15, 0.2) is 11.5 Å². The molecule has 9 heteroatoms. The van der Waals surface area contributed by atoms with Crippen LogP contribution in [0.2, 0.25) is 0 Å². The van der Waals surface area contributed by atoms with Crippen LogP contribution in [0.15, 0.2) is 22.6 Å². The second-order valence-electron chi connectivity index (χ2n) is 7.00. The number of amides is 1. The molecule has 0 atom stereocenters. The molecule has 2 aromatic heterocycles. The van der Waals surface area contributed by atoms with Crippen molar-refractivity contribution >= 4 is 11.6 Å². The summed E-state index contributed by atoms with van der Waals surface area (Å²) in [5, 5.41) is 23.8. The molecular formula is C18H22N8O. The van der Waals surface area contributed by atoms with Crippen LogP contribution in [0.3, 0.4) is 0 Å². The number of terminal acetylenes is 1. The van der Waals surface area contributed by atoms with Crippen LogP contribution in [0, 0.1) is 12.3 Å². The van der Waals surface area contributed by atoms with Gasteiger partial charge < -0.3 is 9.88 Å². The minimum absolute atomic E-state index is 0.0770. The first-order chi connectivity index (χ1) is 13.2. The molecule has 0 saturated heterocycles. The van der Waals surface area contributed by atoms with Crippen LogP contribution in [0.5, 0.6) is 0 Å². The Morgan fingerprint density at radius 3 is 3.00 bits per heavy atom. The van der Waals surface area contributed by atoms with Crippen molar-refractivity contribution in [2.24, 2.45) is 10.2 Å². The zero-order chi connectivity index (χ0) is 18.7. The number of carbonyl (C=O) groups excluding carboxylic acids is 1. The lowest BCUT2D eigenvalue weighted by atomic mass is 10.0. The molecule has 2 aliphatic rings. The molecule has 0 aliphatic carbocycles. The molecule has 0 fully saturated rings. The third kappa shape index (κ3) is 4.05. The lowest BCUT2D eigenvalue weighted by Gasteiger charge is -2.14. The lowest BCUT2D eigenvalue weighted by molar-refractivity contribution is -0.116. The van der Waals surface area contributed by atoms with Gasteiger partial charge in [0.25, 0.3) is 0 Å². The van der Waals surface area contributed by atoms with E-state index < -0.39 is 5.66 Å². The van der Waals surface area contributed by atoms with Crippen molar-refractivity contribution in [1.82, 2.24) is 24.5 Å². The number of hydrogen-bond donors (Lipinski definition) is 1. The van der Waals surface area contributed by atoms with Gasteiger partial charge in [-0.2, -0.15) is 15.3 Å². The fourth-order valence-electron chi connectivity index (χ4n) is 3.35. The maximum Gasteiger partial charge on any atom is 0.224 e. The number of carbonyl (C=O) groups is 1. The summed E-state index contributed by atoms with van der Waals surface area (Å²) in [6.45, 7) is 1.50. The van der Waals surface area contributed by atoms with Gasteiger partial charge in [0.2, 0.25) is 5.91 Å². The molecule has 140 valence electrons. The van der Waals surface area contributed by atoms with Crippen molar-refractivity contribution in [2.45, 2.75) is 63.7 Å². The number of nitrogens with zero attached hydrogens (tertiary/aromatic N) is 7. The first kappa shape index (κ1) is 17.4. The molecule has 1 amide bonds. The molecular weight excluding hydrogens is 344 g/mol. The van der Waals surface area contributed by atoms with Crippen LogP contribution in [0.1, 0.15) is 50.2 Å². The number of anilines is 1. The largest absolute Gasteiger partial charge is 0.323 e. The molecule has 4 heterocycles. The quantitative estimate of drug-likeness (QED) is 0.723. The van der Waals surface area contributed by atoms with Gasteiger partial charge in [-0.1, -0.05) is 0 Å². The van der Waals surface area contributed by atoms with Gasteiger partial charge >= 0.3 is 0 Å². The van der Waals surface area contributed by atoms with E-state index in [0.29, 0.717) is 37.9 Å². The number of aromatic nitrogens is 5. The zero-order valence-electron chi connectivity index (χ0n) is 15.1. The Balaban J connectivity index is 1.29. The Labute approximate surface area is 157 Å². The number of aryl methyl sites for hydroxylation is 1. The lowest BCUT2D eigenvalue weighted by Crippen LogP contribution is -2.17. The molecule has 9 nitrogen and oxygen atoms in total. The maximum absolute atomic E-state index is 12.2. The Morgan fingerprint density at radius 2 is 2.19 bits per heavy atom. The van der Waals surface area contributed by atoms with Crippen molar-refractivity contribution < 1.29 is 4.79 Å². The average molecular weight is 366 g/mol. The maximum atomic E-state index is 12.2. The molecule has 0 bridgehead atoms. The van der Waals surface area contributed by atoms with Crippen molar-refractivity contribution in [3.05, 3.63) is 24.0 Å². The van der Waals surface area contributed by atoms with Gasteiger partial charge in [0.05, 0.1) is 11.9 Å². The standard InChI is InChI=1S/C18H22N8O/c1-2-3-8-18(23-24-18)9-7-17(27)20-14-11-19-25(12-14)13-16-22-21-15-6-4-5-10-26(15)16/h1,11-12H,3-10,13H2,(H,20,27). The van der Waals surface area contributed by atoms with Gasteiger partial charge in [0, 0.05) is 44.8 Å². The Bertz CT molecular complexity index is 897. The van der Waals surface area contributed by atoms with E-state index in [0.717, 1.165) is 31.0 Å². The predicted molar refractivity (Wildman–Crippen MR) is 97.8 cm³/mol. The van der Waals surface area contributed by atoms with E-state index in [2.05, 4.69) is 41.3 Å². The highest BCUT2D eigenvalue weighted by Gasteiger charge is 2.39. The normalized spacial score (nSPS) is 16.6. The molecule has 0 unspecified atom stereocenters. The van der Waals surface area contributed by atoms with E-state index >= 15 is 0 Å². The smallest absolute Gasteiger partial charge is 0.224 e. The highest BCUT2D eigenvalue weighted by atomic mass is 16.1. The molecule has 4 rings (SSSR count). The summed E-state index contributed by atoms with van der Waals surface area (Å²) in [6, 6.07) is 0. The van der Waals surface area contributed by atoms with Gasteiger partial charge in [0.1, 0.15) is 12.4 Å². The molecule has 2 aromatic rings. The predicted octanol–water partition coefficient (Wildman–Crippen LogP) is 2.15. The van der Waals surface area contributed by atoms with Crippen LogP contribution >= 0.6 is 0 Å². The number of rotatable bonds is 8. The van der Waals surface area contributed by atoms with Crippen LogP contribution in [-0.2, 0) is 24.3 Å². The zero-order valence-corrected chi connectivity index (χ0v) is 15.1. The fraction of sp³-hybridized carbons (Fsp3) is 0.556. The highest BCUT2D eigenvalue weighted by molar-refractivity contribution is 5.90. The first-order valence-corrected chi connectivity index (χ1v) is 9.28. The minimum atomic E-state index is -0.430. The van der Waals surface area contributed by atoms with Crippen LogP contribution in [0.25, 0.3) is 0 Å². The molecule has 0 spiro atoms. The van der Waals surface area contributed by atoms with Crippen LogP contribution in [0.4, 0.5) is 5.69 Å². The van der Waals surface area contributed by atoms with Crippen molar-refractivity contribution in [2.75, 3.05) is 5.32 Å². The van der Waals surface area contributed by atoms with Crippen LogP contribution in [-0.4, -0.2) is 36.1 Å². The topological polar surface area (TPSA) is 102 Å². The van der Waals surface area contributed by atoms with E-state index in [-0.39, 0.29) is 5.91 Å². The van der Waals surface area contributed by atoms with Gasteiger partial charge in [-0.3, -0.25) is 9.48 Å². The third-order valence-electron chi connectivity index (χ3n) is 4.96. The number of hydrogen-bond acceptors (Lipinski definition) is 6. The molecule has 0 radical (unpaired) electrons. The molecule has 0 aromatic carbocycles. The number of fused-ring (bicyclic) bond motifs is 1. The molecule has 2 aliphatic heterocycles. The number of nitrogens with one attached hydrogen (secondary N) is 1. The van der Waals surface area contributed by atoms with Crippen molar-refractivity contribution in [1.29, 1.82) is 0 Å².